The molecule has 3 amide bonds. The van der Waals surface area contributed by atoms with E-state index in [9.17, 15) is 14.4 Å². The Morgan fingerprint density at radius 3 is 2.96 bits per heavy atom. The number of aromatic nitrogens is 1. The lowest BCUT2D eigenvalue weighted by Crippen LogP contribution is -2.37. The zero-order chi connectivity index (χ0) is 18.3. The third-order valence-electron chi connectivity index (χ3n) is 5.15. The van der Waals surface area contributed by atoms with Crippen LogP contribution in [0.25, 0.3) is 10.9 Å². The summed E-state index contributed by atoms with van der Waals surface area (Å²) in [6, 6.07) is 4.96. The van der Waals surface area contributed by atoms with Crippen molar-refractivity contribution in [1.82, 2.24) is 15.2 Å². The van der Waals surface area contributed by atoms with Crippen LogP contribution >= 0.6 is 0 Å². The van der Waals surface area contributed by atoms with E-state index in [1.165, 1.54) is 17.7 Å². The molecule has 1 aromatic carbocycles. The van der Waals surface area contributed by atoms with Crippen LogP contribution in [0.15, 0.2) is 18.2 Å². The van der Waals surface area contributed by atoms with Crippen LogP contribution in [0, 0.1) is 5.92 Å². The van der Waals surface area contributed by atoms with Crippen LogP contribution in [0.3, 0.4) is 0 Å². The first kappa shape index (κ1) is 16.6. The molecule has 1 atom stereocenters. The van der Waals surface area contributed by atoms with Crippen LogP contribution in [0.4, 0.5) is 4.79 Å². The van der Waals surface area contributed by atoms with Crippen LogP contribution < -0.4 is 5.32 Å². The van der Waals surface area contributed by atoms with Gasteiger partial charge in [0.05, 0.1) is 5.56 Å². The van der Waals surface area contributed by atoms with Crippen LogP contribution in [-0.4, -0.2) is 47.5 Å². The summed E-state index contributed by atoms with van der Waals surface area (Å²) >= 11 is 0. The van der Waals surface area contributed by atoms with Gasteiger partial charge in [-0.25, -0.2) is 9.59 Å². The largest absolute Gasteiger partial charge is 0.452 e. The second-order valence-electron chi connectivity index (χ2n) is 7.04. The molecule has 0 bridgehead atoms. The van der Waals surface area contributed by atoms with Crippen molar-refractivity contribution < 1.29 is 19.1 Å². The SMILES string of the molecule is C[C@H]1CCc2[nH]c3ccc(C(=O)OCC(=O)N4CCNC4=O)cc3c2C1. The van der Waals surface area contributed by atoms with E-state index in [0.29, 0.717) is 24.6 Å². The number of nitrogens with zero attached hydrogens (tertiary/aromatic N) is 1. The number of esters is 1. The molecule has 4 rings (SSSR count). The van der Waals surface area contributed by atoms with Gasteiger partial charge in [0.1, 0.15) is 0 Å². The molecule has 136 valence electrons. The van der Waals surface area contributed by atoms with Gasteiger partial charge in [-0.3, -0.25) is 9.69 Å². The molecular weight excluding hydrogens is 334 g/mol. The molecule has 7 nitrogen and oxygen atoms in total. The number of ether oxygens (including phenoxy) is 1. The number of H-pyrrole nitrogens is 1. The predicted octanol–water partition coefficient (Wildman–Crippen LogP) is 2.00. The van der Waals surface area contributed by atoms with E-state index in [1.54, 1.807) is 6.07 Å². The van der Waals surface area contributed by atoms with Gasteiger partial charge in [0.2, 0.25) is 0 Å². The minimum absolute atomic E-state index is 0.300. The van der Waals surface area contributed by atoms with Crippen molar-refractivity contribution >= 4 is 28.8 Å². The van der Waals surface area contributed by atoms with Crippen molar-refractivity contribution in [3.63, 3.8) is 0 Å². The fourth-order valence-corrected chi connectivity index (χ4v) is 3.72. The number of hydrogen-bond donors (Lipinski definition) is 2. The molecule has 0 unspecified atom stereocenters. The average Bonchev–Trinajstić information content (AvgIpc) is 3.22. The molecule has 1 saturated heterocycles. The van der Waals surface area contributed by atoms with Gasteiger partial charge in [-0.05, 0) is 48.9 Å². The van der Waals surface area contributed by atoms with Crippen LogP contribution in [-0.2, 0) is 22.4 Å². The van der Waals surface area contributed by atoms with Gasteiger partial charge >= 0.3 is 12.0 Å². The number of imide groups is 1. The molecule has 0 radical (unpaired) electrons. The van der Waals surface area contributed by atoms with E-state index >= 15 is 0 Å². The first-order valence-corrected chi connectivity index (χ1v) is 8.91. The normalized spacial score (nSPS) is 19.3. The Kier molecular flexibility index (Phi) is 4.14. The molecule has 2 N–H and O–H groups in total. The highest BCUT2D eigenvalue weighted by Crippen LogP contribution is 2.32. The minimum Gasteiger partial charge on any atom is -0.452 e. The molecule has 26 heavy (non-hydrogen) atoms. The summed E-state index contributed by atoms with van der Waals surface area (Å²) < 4.78 is 5.12. The number of nitrogens with one attached hydrogen (secondary N) is 2. The quantitative estimate of drug-likeness (QED) is 0.824. The van der Waals surface area contributed by atoms with Crippen LogP contribution in [0.5, 0.6) is 0 Å². The highest BCUT2D eigenvalue weighted by atomic mass is 16.5. The monoisotopic (exact) mass is 355 g/mol. The summed E-state index contributed by atoms with van der Waals surface area (Å²) in [6.07, 6.45) is 3.19. The lowest BCUT2D eigenvalue weighted by molar-refractivity contribution is -0.130. The fraction of sp³-hybridized carbons (Fsp3) is 0.421. The van der Waals surface area contributed by atoms with Crippen molar-refractivity contribution in [2.45, 2.75) is 26.2 Å². The Morgan fingerprint density at radius 1 is 1.35 bits per heavy atom. The molecule has 2 heterocycles. The van der Waals surface area contributed by atoms with E-state index in [0.717, 1.165) is 28.6 Å². The van der Waals surface area contributed by atoms with E-state index in [4.69, 9.17) is 4.74 Å². The maximum atomic E-state index is 12.3. The molecule has 2 aliphatic rings. The Morgan fingerprint density at radius 2 is 2.19 bits per heavy atom. The number of hydrogen-bond acceptors (Lipinski definition) is 4. The summed E-state index contributed by atoms with van der Waals surface area (Å²) in [4.78, 5) is 40.3. The number of rotatable bonds is 3. The maximum Gasteiger partial charge on any atom is 0.338 e. The lowest BCUT2D eigenvalue weighted by atomic mass is 9.87. The number of benzene rings is 1. The Balaban J connectivity index is 1.49. The topological polar surface area (TPSA) is 91.5 Å². The number of urea groups is 1. The first-order valence-electron chi connectivity index (χ1n) is 8.91. The Hall–Kier alpha value is -2.83. The van der Waals surface area contributed by atoms with E-state index in [1.807, 2.05) is 12.1 Å². The number of aryl methyl sites for hydroxylation is 1. The number of carbonyl (C=O) groups is 3. The fourth-order valence-electron chi connectivity index (χ4n) is 3.72. The van der Waals surface area contributed by atoms with Gasteiger partial charge in [-0.2, -0.15) is 0 Å². The van der Waals surface area contributed by atoms with Gasteiger partial charge in [-0.1, -0.05) is 6.92 Å². The summed E-state index contributed by atoms with van der Waals surface area (Å²) in [7, 11) is 0. The molecule has 1 aliphatic heterocycles. The van der Waals surface area contributed by atoms with Crippen molar-refractivity contribution in [1.29, 1.82) is 0 Å². The molecule has 0 saturated carbocycles. The summed E-state index contributed by atoms with van der Waals surface area (Å²) in [5.41, 5.74) is 3.96. The van der Waals surface area contributed by atoms with Crippen molar-refractivity contribution in [3.05, 3.63) is 35.0 Å². The zero-order valence-electron chi connectivity index (χ0n) is 14.6. The van der Waals surface area contributed by atoms with Gasteiger partial charge < -0.3 is 15.0 Å². The number of carbonyl (C=O) groups excluding carboxylic acids is 3. The van der Waals surface area contributed by atoms with Crippen molar-refractivity contribution in [3.8, 4) is 0 Å². The van der Waals surface area contributed by atoms with Crippen LogP contribution in [0.2, 0.25) is 0 Å². The van der Waals surface area contributed by atoms with Crippen molar-refractivity contribution in [2.24, 2.45) is 5.92 Å². The van der Waals surface area contributed by atoms with E-state index in [-0.39, 0.29) is 0 Å². The zero-order valence-corrected chi connectivity index (χ0v) is 14.6. The number of amides is 3. The lowest BCUT2D eigenvalue weighted by Gasteiger charge is -2.18. The summed E-state index contributed by atoms with van der Waals surface area (Å²) in [5.74, 6) is -0.442. The number of fused-ring (bicyclic) bond motifs is 3. The Labute approximate surface area is 150 Å². The Bertz CT molecular complexity index is 902. The van der Waals surface area contributed by atoms with E-state index in [2.05, 4.69) is 17.2 Å². The van der Waals surface area contributed by atoms with Crippen molar-refractivity contribution in [2.75, 3.05) is 19.7 Å². The van der Waals surface area contributed by atoms with Crippen LogP contribution in [0.1, 0.15) is 35.0 Å². The summed E-state index contributed by atoms with van der Waals surface area (Å²) in [5, 5.41) is 3.59. The molecular formula is C19H21N3O4. The molecule has 1 aliphatic carbocycles. The predicted molar refractivity (Wildman–Crippen MR) is 94.9 cm³/mol. The second-order valence-corrected chi connectivity index (χ2v) is 7.04. The third kappa shape index (κ3) is 2.94. The van der Waals surface area contributed by atoms with E-state index < -0.39 is 24.5 Å². The minimum atomic E-state index is -0.557. The highest BCUT2D eigenvalue weighted by Gasteiger charge is 2.27. The molecule has 0 spiro atoms. The third-order valence-corrected chi connectivity index (χ3v) is 5.15. The highest BCUT2D eigenvalue weighted by molar-refractivity contribution is 5.99. The van der Waals surface area contributed by atoms with Gasteiger partial charge in [0.25, 0.3) is 5.91 Å². The smallest absolute Gasteiger partial charge is 0.338 e. The molecule has 7 heteroatoms. The van der Waals surface area contributed by atoms with Gasteiger partial charge in [-0.15, -0.1) is 0 Å². The van der Waals surface area contributed by atoms with Gasteiger partial charge in [0, 0.05) is 29.7 Å². The van der Waals surface area contributed by atoms with Gasteiger partial charge in [0.15, 0.2) is 6.61 Å². The molecule has 2 aromatic rings. The maximum absolute atomic E-state index is 12.3. The number of aromatic amines is 1. The molecule has 1 fully saturated rings. The average molecular weight is 355 g/mol. The first-order chi connectivity index (χ1) is 12.5. The standard InChI is InChI=1S/C19H21N3O4/c1-11-2-4-15-13(8-11)14-9-12(3-5-16(14)21-15)18(24)26-10-17(23)22-7-6-20-19(22)25/h3,5,9,11,21H,2,4,6-8,10H2,1H3,(H,20,25)/t11-/m0/s1. The second kappa shape index (κ2) is 6.48. The summed E-state index contributed by atoms with van der Waals surface area (Å²) in [6.45, 7) is 2.52. The molecule has 1 aromatic heterocycles.